The van der Waals surface area contributed by atoms with Gasteiger partial charge >= 0.3 is 6.43 Å². The van der Waals surface area contributed by atoms with Gasteiger partial charge < -0.3 is 19.0 Å². The Morgan fingerprint density at radius 3 is 2.33 bits per heavy atom. The van der Waals surface area contributed by atoms with Crippen molar-refractivity contribution in [2.24, 2.45) is 0 Å². The molecule has 3 heterocycles. The third-order valence-corrected chi connectivity index (χ3v) is 7.26. The molecule has 0 atom stereocenters. The molecule has 1 aromatic carbocycles. The first kappa shape index (κ1) is 29.3. The van der Waals surface area contributed by atoms with Crippen LogP contribution in [0.1, 0.15) is 68.6 Å². The minimum absolute atomic E-state index is 0.0561. The van der Waals surface area contributed by atoms with Gasteiger partial charge in [-0.15, -0.1) is 10.2 Å². The van der Waals surface area contributed by atoms with Gasteiger partial charge in [0.15, 0.2) is 0 Å². The van der Waals surface area contributed by atoms with Crippen molar-refractivity contribution in [2.45, 2.75) is 58.5 Å². The number of halogens is 2. The standard InChI is InChI=1S/C29H36F2N6O3/c1-28(2,3)37-13-11-36(12-14-37)21-9-10-22(23(15-21)29(4,5)18-38)27(39)35(6)17-20-8-7-19(16-32-20)25-33-34-26(40-25)24(30)31/h7-10,15-16,18,24H,11-14,17H2,1-6H3. The molecule has 1 amide bonds. The van der Waals surface area contributed by atoms with Gasteiger partial charge in [0.05, 0.1) is 17.8 Å². The molecule has 4 rings (SSSR count). The molecule has 0 radical (unpaired) electrons. The Bertz CT molecular complexity index is 1340. The van der Waals surface area contributed by atoms with Gasteiger partial charge in [0.25, 0.3) is 11.8 Å². The summed E-state index contributed by atoms with van der Waals surface area (Å²) in [7, 11) is 1.67. The highest BCUT2D eigenvalue weighted by Gasteiger charge is 2.30. The molecule has 214 valence electrons. The molecule has 1 saturated heterocycles. The summed E-state index contributed by atoms with van der Waals surface area (Å²) in [6.45, 7) is 14.1. The van der Waals surface area contributed by atoms with Crippen molar-refractivity contribution in [1.29, 1.82) is 0 Å². The summed E-state index contributed by atoms with van der Waals surface area (Å²) >= 11 is 0. The third kappa shape index (κ3) is 6.35. The van der Waals surface area contributed by atoms with E-state index < -0.39 is 17.7 Å². The predicted octanol–water partition coefficient (Wildman–Crippen LogP) is 4.74. The number of amides is 1. The fourth-order valence-corrected chi connectivity index (χ4v) is 4.75. The van der Waals surface area contributed by atoms with E-state index in [9.17, 15) is 18.4 Å². The van der Waals surface area contributed by atoms with Crippen molar-refractivity contribution in [2.75, 3.05) is 38.1 Å². The van der Waals surface area contributed by atoms with Crippen LogP contribution in [0.3, 0.4) is 0 Å². The molecule has 1 fully saturated rings. The number of rotatable bonds is 8. The number of carbonyl (C=O) groups is 2. The summed E-state index contributed by atoms with van der Waals surface area (Å²) in [4.78, 5) is 36.3. The lowest BCUT2D eigenvalue weighted by Crippen LogP contribution is -2.53. The molecule has 0 spiro atoms. The molecule has 1 aliphatic heterocycles. The lowest BCUT2D eigenvalue weighted by molar-refractivity contribution is -0.111. The summed E-state index contributed by atoms with van der Waals surface area (Å²) in [5.41, 5.74) is 2.34. The molecule has 2 aromatic heterocycles. The second-order valence-electron chi connectivity index (χ2n) is 11.7. The zero-order valence-electron chi connectivity index (χ0n) is 23.8. The van der Waals surface area contributed by atoms with Crippen LogP contribution in [0.15, 0.2) is 40.9 Å². The SMILES string of the molecule is CN(Cc1ccc(-c2nnc(C(F)F)o2)cn1)C(=O)c1ccc(N2CCN(C(C)(C)C)CC2)cc1C(C)(C)C=O. The predicted molar refractivity (Wildman–Crippen MR) is 147 cm³/mol. The molecule has 1 aliphatic rings. The summed E-state index contributed by atoms with van der Waals surface area (Å²) < 4.78 is 30.4. The van der Waals surface area contributed by atoms with Gasteiger partial charge in [0.1, 0.15) is 6.29 Å². The molecule has 0 unspecified atom stereocenters. The van der Waals surface area contributed by atoms with Gasteiger partial charge in [-0.1, -0.05) is 0 Å². The second kappa shape index (κ2) is 11.4. The fraction of sp³-hybridized carbons (Fsp3) is 0.483. The normalized spacial score (nSPS) is 15.0. The number of benzene rings is 1. The van der Waals surface area contributed by atoms with Crippen LogP contribution >= 0.6 is 0 Å². The van der Waals surface area contributed by atoms with Gasteiger partial charge in [0.2, 0.25) is 5.89 Å². The third-order valence-electron chi connectivity index (χ3n) is 7.26. The van der Waals surface area contributed by atoms with Crippen molar-refractivity contribution in [3.05, 3.63) is 59.2 Å². The van der Waals surface area contributed by atoms with Crippen LogP contribution < -0.4 is 4.90 Å². The Labute approximate surface area is 233 Å². The maximum Gasteiger partial charge on any atom is 0.314 e. The molecule has 0 bridgehead atoms. The van der Waals surface area contributed by atoms with E-state index >= 15 is 0 Å². The van der Waals surface area contributed by atoms with Crippen LogP contribution in [-0.2, 0) is 16.8 Å². The van der Waals surface area contributed by atoms with Crippen LogP contribution in [-0.4, -0.2) is 75.9 Å². The van der Waals surface area contributed by atoms with Gasteiger partial charge in [-0.05, 0) is 70.5 Å². The number of carbonyl (C=O) groups excluding carboxylic acids is 2. The highest BCUT2D eigenvalue weighted by Crippen LogP contribution is 2.31. The van der Waals surface area contributed by atoms with Crippen LogP contribution in [0.2, 0.25) is 0 Å². The van der Waals surface area contributed by atoms with Gasteiger partial charge in [-0.3, -0.25) is 14.7 Å². The molecule has 9 nitrogen and oxygen atoms in total. The Hall–Kier alpha value is -3.73. The number of hydrogen-bond donors (Lipinski definition) is 0. The lowest BCUT2D eigenvalue weighted by atomic mass is 9.82. The molecule has 3 aromatic rings. The largest absolute Gasteiger partial charge is 0.415 e. The monoisotopic (exact) mass is 554 g/mol. The van der Waals surface area contributed by atoms with E-state index in [1.165, 1.54) is 11.1 Å². The van der Waals surface area contributed by atoms with Gasteiger partial charge in [-0.2, -0.15) is 8.78 Å². The Balaban J connectivity index is 1.51. The van der Waals surface area contributed by atoms with Gasteiger partial charge in [-0.25, -0.2) is 0 Å². The summed E-state index contributed by atoms with van der Waals surface area (Å²) in [6, 6.07) is 9.01. The maximum absolute atomic E-state index is 13.6. The Morgan fingerprint density at radius 2 is 1.77 bits per heavy atom. The molecular formula is C29H36F2N6O3. The highest BCUT2D eigenvalue weighted by molar-refractivity contribution is 5.97. The van der Waals surface area contributed by atoms with Crippen LogP contribution in [0.5, 0.6) is 0 Å². The molecule has 11 heteroatoms. The zero-order chi connectivity index (χ0) is 29.2. The van der Waals surface area contributed by atoms with Crippen molar-refractivity contribution in [3.63, 3.8) is 0 Å². The number of nitrogens with zero attached hydrogens (tertiary/aromatic N) is 6. The first-order valence-corrected chi connectivity index (χ1v) is 13.2. The van der Waals surface area contributed by atoms with Crippen molar-refractivity contribution >= 4 is 17.9 Å². The average Bonchev–Trinajstić information content (AvgIpc) is 3.43. The van der Waals surface area contributed by atoms with Crippen LogP contribution in [0.25, 0.3) is 11.5 Å². The maximum atomic E-state index is 13.6. The molecule has 0 aliphatic carbocycles. The Kier molecular flexibility index (Phi) is 8.34. The minimum atomic E-state index is -2.85. The van der Waals surface area contributed by atoms with Crippen LogP contribution in [0.4, 0.5) is 14.5 Å². The van der Waals surface area contributed by atoms with Crippen LogP contribution in [0, 0.1) is 0 Å². The smallest absolute Gasteiger partial charge is 0.314 e. The molecular weight excluding hydrogens is 518 g/mol. The summed E-state index contributed by atoms with van der Waals surface area (Å²) in [5, 5.41) is 6.95. The van der Waals surface area contributed by atoms with E-state index in [2.05, 4.69) is 45.8 Å². The minimum Gasteiger partial charge on any atom is -0.415 e. The van der Waals surface area contributed by atoms with Crippen molar-refractivity contribution < 1.29 is 22.8 Å². The number of aromatic nitrogens is 3. The zero-order valence-corrected chi connectivity index (χ0v) is 23.8. The fourth-order valence-electron chi connectivity index (χ4n) is 4.75. The lowest BCUT2D eigenvalue weighted by Gasteiger charge is -2.43. The number of piperazine rings is 1. The number of pyridine rings is 1. The average molecular weight is 555 g/mol. The molecule has 0 N–H and O–H groups in total. The van der Waals surface area contributed by atoms with E-state index in [4.69, 9.17) is 4.42 Å². The first-order chi connectivity index (χ1) is 18.8. The van der Waals surface area contributed by atoms with E-state index in [-0.39, 0.29) is 23.9 Å². The van der Waals surface area contributed by atoms with E-state index in [0.717, 1.165) is 38.2 Å². The summed E-state index contributed by atoms with van der Waals surface area (Å²) in [5.74, 6) is -1.05. The number of hydrogen-bond acceptors (Lipinski definition) is 8. The van der Waals surface area contributed by atoms with Crippen molar-refractivity contribution in [1.82, 2.24) is 25.0 Å². The second-order valence-corrected chi connectivity index (χ2v) is 11.7. The van der Waals surface area contributed by atoms with Gasteiger partial charge in [0, 0.05) is 61.6 Å². The summed E-state index contributed by atoms with van der Waals surface area (Å²) in [6.07, 6.45) is -0.543. The highest BCUT2D eigenvalue weighted by atomic mass is 19.3. The van der Waals surface area contributed by atoms with Crippen molar-refractivity contribution in [3.8, 4) is 11.5 Å². The number of anilines is 1. The quantitative estimate of drug-likeness (QED) is 0.369. The van der Waals surface area contributed by atoms with E-state index in [1.54, 1.807) is 25.2 Å². The number of aldehydes is 1. The van der Waals surface area contributed by atoms with E-state index in [1.807, 2.05) is 26.0 Å². The van der Waals surface area contributed by atoms with E-state index in [0.29, 0.717) is 22.4 Å². The molecule has 40 heavy (non-hydrogen) atoms. The first-order valence-electron chi connectivity index (χ1n) is 13.2. The Morgan fingerprint density at radius 1 is 1.07 bits per heavy atom. The topological polar surface area (TPSA) is 95.7 Å². The molecule has 0 saturated carbocycles. The number of alkyl halides is 2.